The molecule has 0 radical (unpaired) electrons. The second kappa shape index (κ2) is 10.3. The Kier molecular flexibility index (Phi) is 7.75. The highest BCUT2D eigenvalue weighted by atomic mass is 127. The molecule has 1 unspecified atom stereocenters. The normalized spacial score (nSPS) is 20.0. The van der Waals surface area contributed by atoms with Gasteiger partial charge >= 0.3 is 0 Å². The molecule has 1 atom stereocenters. The molecule has 2 N–H and O–H groups in total. The Morgan fingerprint density at radius 3 is 2.62 bits per heavy atom. The number of aliphatic imine (C=N–C) groups is 1. The molecular weight excluding hydrogens is 475 g/mol. The third-order valence-electron chi connectivity index (χ3n) is 6.04. The number of likely N-dealkylation sites (tertiary alicyclic amines) is 1. The third-order valence-corrected chi connectivity index (χ3v) is 6.04. The monoisotopic (exact) mass is 506 g/mol. The Balaban J connectivity index is 0.00000240. The summed E-state index contributed by atoms with van der Waals surface area (Å²) in [7, 11) is 1.80. The number of carbonyl (C=O) groups is 1. The zero-order chi connectivity index (χ0) is 19.3. The van der Waals surface area contributed by atoms with Crippen LogP contribution in [0.3, 0.4) is 0 Å². The quantitative estimate of drug-likeness (QED) is 0.376. The zero-order valence-corrected chi connectivity index (χ0v) is 19.4. The number of amides is 1. The van der Waals surface area contributed by atoms with Gasteiger partial charge in [0.25, 0.3) is 0 Å². The molecule has 1 aliphatic heterocycles. The minimum Gasteiger partial charge on any atom is -0.352 e. The van der Waals surface area contributed by atoms with Crippen molar-refractivity contribution in [3.05, 3.63) is 48.0 Å². The van der Waals surface area contributed by atoms with E-state index in [1.54, 1.807) is 7.05 Å². The largest absolute Gasteiger partial charge is 0.352 e. The van der Waals surface area contributed by atoms with E-state index in [9.17, 15) is 4.79 Å². The van der Waals surface area contributed by atoms with Crippen molar-refractivity contribution >= 4 is 46.6 Å². The van der Waals surface area contributed by atoms with Gasteiger partial charge in [0.05, 0.1) is 0 Å². The molecule has 0 spiro atoms. The molecule has 5 nitrogen and oxygen atoms in total. The van der Waals surface area contributed by atoms with Gasteiger partial charge in [0.2, 0.25) is 5.91 Å². The first-order chi connectivity index (χ1) is 13.7. The van der Waals surface area contributed by atoms with Crippen molar-refractivity contribution in [3.63, 3.8) is 0 Å². The highest BCUT2D eigenvalue weighted by Crippen LogP contribution is 2.27. The van der Waals surface area contributed by atoms with Crippen molar-refractivity contribution in [1.82, 2.24) is 15.5 Å². The van der Waals surface area contributed by atoms with Crippen LogP contribution in [0.15, 0.2) is 47.5 Å². The number of carbonyl (C=O) groups excluding carboxylic acids is 1. The Bertz CT molecular complexity index is 863. The van der Waals surface area contributed by atoms with Crippen molar-refractivity contribution < 1.29 is 4.79 Å². The third kappa shape index (κ3) is 5.41. The number of nitrogens with one attached hydrogen (secondary N) is 2. The van der Waals surface area contributed by atoms with E-state index in [0.717, 1.165) is 44.9 Å². The number of benzene rings is 2. The van der Waals surface area contributed by atoms with Gasteiger partial charge in [-0.25, -0.2) is 0 Å². The summed E-state index contributed by atoms with van der Waals surface area (Å²) in [5, 5.41) is 9.41. The number of halogens is 1. The molecule has 2 aliphatic rings. The number of nitrogens with zero attached hydrogens (tertiary/aromatic N) is 2. The van der Waals surface area contributed by atoms with Crippen LogP contribution in [0, 0.1) is 5.92 Å². The minimum atomic E-state index is 0. The van der Waals surface area contributed by atoms with Crippen molar-refractivity contribution in [2.45, 2.75) is 44.7 Å². The van der Waals surface area contributed by atoms with E-state index in [1.807, 2.05) is 4.90 Å². The minimum absolute atomic E-state index is 0. The van der Waals surface area contributed by atoms with Crippen LogP contribution in [0.25, 0.3) is 10.8 Å². The molecule has 4 rings (SSSR count). The molecular formula is C23H31IN4O. The number of hydrogen-bond acceptors (Lipinski definition) is 2. The second-order valence-electron chi connectivity index (χ2n) is 8.00. The van der Waals surface area contributed by atoms with Gasteiger partial charge in [-0.3, -0.25) is 9.79 Å². The predicted molar refractivity (Wildman–Crippen MR) is 130 cm³/mol. The van der Waals surface area contributed by atoms with Crippen LogP contribution in [-0.2, 0) is 11.3 Å². The maximum atomic E-state index is 12.6. The molecule has 1 saturated carbocycles. The molecule has 1 heterocycles. The molecule has 1 amide bonds. The molecule has 2 aromatic rings. The van der Waals surface area contributed by atoms with Gasteiger partial charge in [-0.05, 0) is 41.7 Å². The van der Waals surface area contributed by atoms with Crippen LogP contribution < -0.4 is 10.6 Å². The molecule has 1 aliphatic carbocycles. The Hall–Kier alpha value is -1.83. The van der Waals surface area contributed by atoms with Gasteiger partial charge in [0, 0.05) is 38.6 Å². The first-order valence-corrected chi connectivity index (χ1v) is 10.5. The summed E-state index contributed by atoms with van der Waals surface area (Å²) in [5.41, 5.74) is 1.23. The molecule has 0 aromatic heterocycles. The van der Waals surface area contributed by atoms with Crippen LogP contribution in [-0.4, -0.2) is 42.9 Å². The van der Waals surface area contributed by atoms with E-state index in [4.69, 9.17) is 0 Å². The highest BCUT2D eigenvalue weighted by Gasteiger charge is 2.32. The lowest BCUT2D eigenvalue weighted by molar-refractivity contribution is -0.134. The summed E-state index contributed by atoms with van der Waals surface area (Å²) in [5.74, 6) is 1.43. The fourth-order valence-corrected chi connectivity index (χ4v) is 4.43. The SMILES string of the molecule is CN=C(NCc1ccc2ccccc2c1)NC1CCN(C(=O)C2CCCC2)C1.I. The van der Waals surface area contributed by atoms with E-state index < -0.39 is 0 Å². The van der Waals surface area contributed by atoms with Gasteiger partial charge in [-0.1, -0.05) is 49.2 Å². The van der Waals surface area contributed by atoms with Crippen LogP contribution in [0.1, 0.15) is 37.7 Å². The van der Waals surface area contributed by atoms with Gasteiger partial charge in [-0.2, -0.15) is 0 Å². The Labute approximate surface area is 190 Å². The van der Waals surface area contributed by atoms with Crippen LogP contribution in [0.5, 0.6) is 0 Å². The van der Waals surface area contributed by atoms with Crippen molar-refractivity contribution in [2.75, 3.05) is 20.1 Å². The summed E-state index contributed by atoms with van der Waals surface area (Å²) < 4.78 is 0. The van der Waals surface area contributed by atoms with E-state index in [1.165, 1.54) is 29.2 Å². The Morgan fingerprint density at radius 2 is 1.86 bits per heavy atom. The van der Waals surface area contributed by atoms with Crippen LogP contribution in [0.2, 0.25) is 0 Å². The molecule has 0 bridgehead atoms. The number of hydrogen-bond donors (Lipinski definition) is 2. The fourth-order valence-electron chi connectivity index (χ4n) is 4.43. The maximum absolute atomic E-state index is 12.6. The van der Waals surface area contributed by atoms with Crippen LogP contribution >= 0.6 is 24.0 Å². The van der Waals surface area contributed by atoms with Crippen LogP contribution in [0.4, 0.5) is 0 Å². The maximum Gasteiger partial charge on any atom is 0.225 e. The molecule has 6 heteroatoms. The zero-order valence-electron chi connectivity index (χ0n) is 17.1. The lowest BCUT2D eigenvalue weighted by Crippen LogP contribution is -2.45. The van der Waals surface area contributed by atoms with Crippen molar-refractivity contribution in [1.29, 1.82) is 0 Å². The topological polar surface area (TPSA) is 56.7 Å². The fraction of sp³-hybridized carbons (Fsp3) is 0.478. The molecule has 1 saturated heterocycles. The average Bonchev–Trinajstić information content (AvgIpc) is 3.42. The van der Waals surface area contributed by atoms with E-state index in [-0.39, 0.29) is 35.9 Å². The first-order valence-electron chi connectivity index (χ1n) is 10.5. The summed E-state index contributed by atoms with van der Waals surface area (Å²) in [6.45, 7) is 2.36. The number of guanidine groups is 1. The lowest BCUT2D eigenvalue weighted by Gasteiger charge is -2.21. The van der Waals surface area contributed by atoms with E-state index in [0.29, 0.717) is 5.91 Å². The van der Waals surface area contributed by atoms with Gasteiger partial charge in [0.1, 0.15) is 0 Å². The second-order valence-corrected chi connectivity index (χ2v) is 8.00. The van der Waals surface area contributed by atoms with Gasteiger partial charge in [0.15, 0.2) is 5.96 Å². The molecule has 29 heavy (non-hydrogen) atoms. The molecule has 156 valence electrons. The average molecular weight is 506 g/mol. The van der Waals surface area contributed by atoms with Crippen molar-refractivity contribution in [2.24, 2.45) is 10.9 Å². The number of fused-ring (bicyclic) bond motifs is 1. The molecule has 2 aromatic carbocycles. The standard InChI is InChI=1S/C23H30N4O.HI/c1-24-23(25-15-17-10-11-18-6-2-5-9-20(18)14-17)26-21-12-13-27(16-21)22(28)19-7-3-4-8-19;/h2,5-6,9-11,14,19,21H,3-4,7-8,12-13,15-16H2,1H3,(H2,24,25,26);1H. The Morgan fingerprint density at radius 1 is 1.10 bits per heavy atom. The summed E-state index contributed by atoms with van der Waals surface area (Å²) in [6.07, 6.45) is 5.54. The first kappa shape index (κ1) is 21.9. The van der Waals surface area contributed by atoms with Gasteiger partial charge < -0.3 is 15.5 Å². The summed E-state index contributed by atoms with van der Waals surface area (Å²) >= 11 is 0. The molecule has 2 fully saturated rings. The van der Waals surface area contributed by atoms with E-state index in [2.05, 4.69) is 58.1 Å². The van der Waals surface area contributed by atoms with Crippen molar-refractivity contribution in [3.8, 4) is 0 Å². The lowest BCUT2D eigenvalue weighted by atomic mass is 10.1. The van der Waals surface area contributed by atoms with Gasteiger partial charge in [-0.15, -0.1) is 24.0 Å². The predicted octanol–water partition coefficient (Wildman–Crippen LogP) is 3.91. The highest BCUT2D eigenvalue weighted by molar-refractivity contribution is 14.0. The summed E-state index contributed by atoms with van der Waals surface area (Å²) in [6, 6.07) is 15.2. The smallest absolute Gasteiger partial charge is 0.225 e. The summed E-state index contributed by atoms with van der Waals surface area (Å²) in [4.78, 5) is 19.0. The number of rotatable bonds is 4. The van der Waals surface area contributed by atoms with E-state index >= 15 is 0 Å².